The van der Waals surface area contributed by atoms with Crippen LogP contribution in [-0.4, -0.2) is 34.3 Å². The molecule has 6 rings (SSSR count). The Morgan fingerprint density at radius 2 is 1.76 bits per heavy atom. The number of pyridine rings is 4. The SMILES string of the molecule is Cc1nc(C)n(-c2nccc(-c3ncc(C)c(-n4c(C)cc([C@H]5C[C@@H]5c5ncccc5F)c(Cl)c4=O)c3F)c2F)n1. The molecule has 1 fully saturated rings. The van der Waals surface area contributed by atoms with E-state index in [2.05, 4.69) is 25.0 Å². The lowest BCUT2D eigenvalue weighted by Crippen LogP contribution is -2.24. The number of aromatic nitrogens is 7. The number of hydrogen-bond acceptors (Lipinski definition) is 6. The molecular weight excluding hydrogens is 555 g/mol. The van der Waals surface area contributed by atoms with Crippen molar-refractivity contribution in [3.05, 3.63) is 110 Å². The molecule has 0 amide bonds. The van der Waals surface area contributed by atoms with Crippen LogP contribution >= 0.6 is 11.6 Å². The van der Waals surface area contributed by atoms with E-state index in [1.54, 1.807) is 33.8 Å². The van der Waals surface area contributed by atoms with Crippen LogP contribution in [0.3, 0.4) is 0 Å². The lowest BCUT2D eigenvalue weighted by atomic mass is 10.1. The van der Waals surface area contributed by atoms with Crippen LogP contribution in [-0.2, 0) is 0 Å². The summed E-state index contributed by atoms with van der Waals surface area (Å²) in [6, 6.07) is 5.87. The number of halogens is 4. The first kappa shape index (κ1) is 26.8. The third-order valence-corrected chi connectivity index (χ3v) is 7.67. The van der Waals surface area contributed by atoms with Gasteiger partial charge in [0.1, 0.15) is 28.2 Å². The number of aryl methyl sites for hydroxylation is 4. The van der Waals surface area contributed by atoms with Crippen molar-refractivity contribution in [2.75, 3.05) is 0 Å². The van der Waals surface area contributed by atoms with Crippen LogP contribution in [0.4, 0.5) is 13.2 Å². The lowest BCUT2D eigenvalue weighted by Gasteiger charge is -2.18. The highest BCUT2D eigenvalue weighted by Crippen LogP contribution is 2.55. The summed E-state index contributed by atoms with van der Waals surface area (Å²) < 4.78 is 48.7. The van der Waals surface area contributed by atoms with E-state index < -0.39 is 23.0 Å². The minimum absolute atomic E-state index is 0.0917. The number of rotatable bonds is 5. The topological polar surface area (TPSA) is 91.4 Å². The van der Waals surface area contributed by atoms with Crippen LogP contribution in [0.25, 0.3) is 22.8 Å². The Labute approximate surface area is 237 Å². The molecular formula is C29H23ClF3N7O. The molecule has 0 bridgehead atoms. The average Bonchev–Trinajstić information content (AvgIpc) is 3.65. The van der Waals surface area contributed by atoms with Crippen LogP contribution < -0.4 is 5.56 Å². The van der Waals surface area contributed by atoms with E-state index in [9.17, 15) is 9.18 Å². The zero-order valence-corrected chi connectivity index (χ0v) is 23.2. The Morgan fingerprint density at radius 1 is 0.976 bits per heavy atom. The smallest absolute Gasteiger partial charge is 0.274 e. The molecule has 1 saturated carbocycles. The summed E-state index contributed by atoms with van der Waals surface area (Å²) in [4.78, 5) is 30.2. The van der Waals surface area contributed by atoms with Crippen LogP contribution in [0.5, 0.6) is 0 Å². The molecule has 0 aromatic carbocycles. The molecule has 5 aromatic heterocycles. The predicted molar refractivity (Wildman–Crippen MR) is 146 cm³/mol. The maximum absolute atomic E-state index is 16.3. The highest BCUT2D eigenvalue weighted by atomic mass is 35.5. The summed E-state index contributed by atoms with van der Waals surface area (Å²) in [5.74, 6) is -1.90. The molecule has 5 aromatic rings. The molecule has 0 aliphatic heterocycles. The van der Waals surface area contributed by atoms with Gasteiger partial charge < -0.3 is 0 Å². The first-order valence-electron chi connectivity index (χ1n) is 12.8. The Hall–Kier alpha value is -4.38. The molecule has 12 heteroatoms. The van der Waals surface area contributed by atoms with Crippen molar-refractivity contribution >= 4 is 11.6 Å². The van der Waals surface area contributed by atoms with Crippen LogP contribution in [0.15, 0.2) is 47.7 Å². The van der Waals surface area contributed by atoms with Gasteiger partial charge in [0.15, 0.2) is 17.5 Å². The summed E-state index contributed by atoms with van der Waals surface area (Å²) in [7, 11) is 0. The van der Waals surface area contributed by atoms with Gasteiger partial charge in [0, 0.05) is 35.8 Å². The maximum atomic E-state index is 16.3. The summed E-state index contributed by atoms with van der Waals surface area (Å²) in [6.07, 6.45) is 4.79. The largest absolute Gasteiger partial charge is 0.277 e. The van der Waals surface area contributed by atoms with E-state index in [-0.39, 0.29) is 39.6 Å². The van der Waals surface area contributed by atoms with Gasteiger partial charge in [-0.05, 0) is 75.4 Å². The van der Waals surface area contributed by atoms with Gasteiger partial charge in [0.2, 0.25) is 0 Å². The summed E-state index contributed by atoms with van der Waals surface area (Å²) in [5.41, 5.74) is 0.427. The van der Waals surface area contributed by atoms with Gasteiger partial charge in [-0.2, -0.15) is 4.68 Å². The highest BCUT2D eigenvalue weighted by molar-refractivity contribution is 6.31. The van der Waals surface area contributed by atoms with Gasteiger partial charge in [0.25, 0.3) is 5.56 Å². The fourth-order valence-electron chi connectivity index (χ4n) is 5.31. The zero-order valence-electron chi connectivity index (χ0n) is 22.5. The van der Waals surface area contributed by atoms with Gasteiger partial charge in [0.05, 0.1) is 11.4 Å². The van der Waals surface area contributed by atoms with Crippen molar-refractivity contribution in [3.8, 4) is 22.8 Å². The molecule has 5 heterocycles. The second-order valence-electron chi connectivity index (χ2n) is 10.1. The molecule has 41 heavy (non-hydrogen) atoms. The molecule has 0 radical (unpaired) electrons. The summed E-state index contributed by atoms with van der Waals surface area (Å²) in [5, 5.41) is 4.08. The predicted octanol–water partition coefficient (Wildman–Crippen LogP) is 5.85. The molecule has 0 unspecified atom stereocenters. The van der Waals surface area contributed by atoms with Crippen LogP contribution in [0, 0.1) is 45.1 Å². The maximum Gasteiger partial charge on any atom is 0.274 e. The van der Waals surface area contributed by atoms with Crippen molar-refractivity contribution < 1.29 is 13.2 Å². The number of hydrogen-bond donors (Lipinski definition) is 0. The second kappa shape index (κ2) is 9.91. The van der Waals surface area contributed by atoms with Crippen molar-refractivity contribution in [2.45, 2.75) is 46.0 Å². The quantitative estimate of drug-likeness (QED) is 0.260. The van der Waals surface area contributed by atoms with Crippen molar-refractivity contribution in [3.63, 3.8) is 0 Å². The standard InChI is InChI=1S/C29H23ClF3N7O/c1-13-12-36-26(17-7-9-35-28(23(17)32)40-16(4)37-15(3)38-40)24(33)27(13)39-14(2)10-19(22(30)29(39)41)18-11-20(18)25-21(31)6-5-8-34-25/h5-10,12,18,20H,11H2,1-4H3/t18-,20+/m1/s1. The van der Waals surface area contributed by atoms with Crippen molar-refractivity contribution in [1.82, 2.24) is 34.3 Å². The van der Waals surface area contributed by atoms with E-state index >= 15 is 8.78 Å². The van der Waals surface area contributed by atoms with Gasteiger partial charge in [-0.15, -0.1) is 5.10 Å². The molecule has 2 atom stereocenters. The van der Waals surface area contributed by atoms with Crippen molar-refractivity contribution in [2.24, 2.45) is 0 Å². The Kier molecular flexibility index (Phi) is 6.49. The molecule has 8 nitrogen and oxygen atoms in total. The van der Waals surface area contributed by atoms with Gasteiger partial charge in [-0.25, -0.2) is 23.1 Å². The summed E-state index contributed by atoms with van der Waals surface area (Å²) >= 11 is 6.57. The van der Waals surface area contributed by atoms with E-state index in [1.807, 2.05) is 0 Å². The molecule has 0 N–H and O–H groups in total. The van der Waals surface area contributed by atoms with E-state index in [0.29, 0.717) is 40.6 Å². The fraction of sp³-hybridized carbons (Fsp3) is 0.241. The number of nitrogens with zero attached hydrogens (tertiary/aromatic N) is 7. The van der Waals surface area contributed by atoms with Gasteiger partial charge in [-0.3, -0.25) is 19.3 Å². The Morgan fingerprint density at radius 3 is 2.46 bits per heavy atom. The Bertz CT molecular complexity index is 1920. The first-order valence-corrected chi connectivity index (χ1v) is 13.2. The normalized spacial score (nSPS) is 16.3. The first-order chi connectivity index (χ1) is 19.6. The minimum atomic E-state index is -0.901. The van der Waals surface area contributed by atoms with E-state index in [4.69, 9.17) is 11.6 Å². The van der Waals surface area contributed by atoms with Crippen LogP contribution in [0.1, 0.15) is 52.4 Å². The van der Waals surface area contributed by atoms with Gasteiger partial charge >= 0.3 is 0 Å². The fourth-order valence-corrected chi connectivity index (χ4v) is 5.58. The molecule has 0 saturated heterocycles. The Balaban J connectivity index is 1.45. The third-order valence-electron chi connectivity index (χ3n) is 7.29. The third kappa shape index (κ3) is 4.40. The average molecular weight is 578 g/mol. The molecule has 208 valence electrons. The van der Waals surface area contributed by atoms with Gasteiger partial charge in [-0.1, -0.05) is 11.6 Å². The van der Waals surface area contributed by atoms with Crippen molar-refractivity contribution in [1.29, 1.82) is 0 Å². The highest BCUT2D eigenvalue weighted by Gasteiger charge is 2.44. The lowest BCUT2D eigenvalue weighted by molar-refractivity contribution is 0.588. The molecule has 1 aliphatic carbocycles. The monoisotopic (exact) mass is 577 g/mol. The van der Waals surface area contributed by atoms with E-state index in [0.717, 1.165) is 4.57 Å². The molecule has 0 spiro atoms. The molecule has 1 aliphatic rings. The summed E-state index contributed by atoms with van der Waals surface area (Å²) in [6.45, 7) is 6.56. The van der Waals surface area contributed by atoms with E-state index in [1.165, 1.54) is 41.5 Å². The van der Waals surface area contributed by atoms with Crippen LogP contribution in [0.2, 0.25) is 5.02 Å². The minimum Gasteiger partial charge on any atom is -0.277 e. The zero-order chi connectivity index (χ0) is 29.2. The second-order valence-corrected chi connectivity index (χ2v) is 10.5.